The van der Waals surface area contributed by atoms with Crippen LogP contribution in [0.3, 0.4) is 0 Å². The van der Waals surface area contributed by atoms with Crippen LogP contribution in [0.25, 0.3) is 11.3 Å². The van der Waals surface area contributed by atoms with Gasteiger partial charge >= 0.3 is 0 Å². The van der Waals surface area contributed by atoms with Crippen LogP contribution in [0.15, 0.2) is 30.3 Å². The maximum Gasteiger partial charge on any atom is 0.255 e. The highest BCUT2D eigenvalue weighted by atomic mass is 16.5. The number of piperidine rings is 1. The Morgan fingerprint density at radius 3 is 2.82 bits per heavy atom. The lowest BCUT2D eigenvalue weighted by Gasteiger charge is -2.29. The van der Waals surface area contributed by atoms with Gasteiger partial charge in [-0.3, -0.25) is 19.7 Å². The Hall–Kier alpha value is -3.22. The van der Waals surface area contributed by atoms with E-state index in [-0.39, 0.29) is 18.2 Å². The van der Waals surface area contributed by atoms with Gasteiger partial charge in [0, 0.05) is 29.7 Å². The number of hydrogen-bond donors (Lipinski definition) is 1. The molecule has 0 bridgehead atoms. The molecule has 28 heavy (non-hydrogen) atoms. The van der Waals surface area contributed by atoms with Gasteiger partial charge in [0.15, 0.2) is 0 Å². The lowest BCUT2D eigenvalue weighted by molar-refractivity contribution is -0.136. The number of aryl methyl sites for hydroxylation is 1. The smallest absolute Gasteiger partial charge is 0.255 e. The normalized spacial score (nSPS) is 21.1. The summed E-state index contributed by atoms with van der Waals surface area (Å²) in [5, 5.41) is 2.32. The molecule has 4 heterocycles. The number of hydrogen-bond acceptors (Lipinski definition) is 5. The fourth-order valence-electron chi connectivity index (χ4n) is 4.11. The molecule has 1 N–H and O–H groups in total. The van der Waals surface area contributed by atoms with Gasteiger partial charge < -0.3 is 9.64 Å². The molecule has 1 aromatic heterocycles. The highest BCUT2D eigenvalue weighted by Gasteiger charge is 2.39. The highest BCUT2D eigenvalue weighted by molar-refractivity contribution is 6.05. The lowest BCUT2D eigenvalue weighted by Crippen LogP contribution is -2.52. The van der Waals surface area contributed by atoms with Gasteiger partial charge in [-0.2, -0.15) is 0 Å². The minimum atomic E-state index is -0.601. The van der Waals surface area contributed by atoms with Crippen molar-refractivity contribution in [1.29, 1.82) is 0 Å². The summed E-state index contributed by atoms with van der Waals surface area (Å²) in [4.78, 5) is 42.5. The van der Waals surface area contributed by atoms with Crippen LogP contribution < -0.4 is 10.1 Å². The third-order valence-corrected chi connectivity index (χ3v) is 5.59. The number of carbonyl (C=O) groups excluding carboxylic acids is 3. The van der Waals surface area contributed by atoms with Gasteiger partial charge in [0.25, 0.3) is 5.91 Å². The van der Waals surface area contributed by atoms with E-state index in [4.69, 9.17) is 4.74 Å². The van der Waals surface area contributed by atoms with Gasteiger partial charge in [-0.15, -0.1) is 0 Å². The molecule has 1 atom stereocenters. The highest BCUT2D eigenvalue weighted by Crippen LogP contribution is 2.32. The van der Waals surface area contributed by atoms with Gasteiger partial charge in [-0.1, -0.05) is 12.1 Å². The molecule has 2 aromatic rings. The van der Waals surface area contributed by atoms with Crippen LogP contribution in [0.2, 0.25) is 0 Å². The van der Waals surface area contributed by atoms with Crippen LogP contribution >= 0.6 is 0 Å². The molecule has 1 saturated heterocycles. The molecule has 0 saturated carbocycles. The second-order valence-corrected chi connectivity index (χ2v) is 7.38. The van der Waals surface area contributed by atoms with E-state index in [0.717, 1.165) is 35.2 Å². The molecule has 5 rings (SSSR count). The fourth-order valence-corrected chi connectivity index (χ4v) is 4.11. The van der Waals surface area contributed by atoms with E-state index in [2.05, 4.69) is 10.3 Å². The number of imide groups is 1. The molecule has 0 aliphatic carbocycles. The van der Waals surface area contributed by atoms with Gasteiger partial charge in [-0.25, -0.2) is 4.98 Å². The van der Waals surface area contributed by atoms with Gasteiger partial charge in [0.2, 0.25) is 17.7 Å². The predicted molar refractivity (Wildman–Crippen MR) is 99.5 cm³/mol. The lowest BCUT2D eigenvalue weighted by atomic mass is 10.0. The number of fused-ring (bicyclic) bond motifs is 2. The molecule has 0 radical (unpaired) electrons. The summed E-state index contributed by atoms with van der Waals surface area (Å²) in [5.41, 5.74) is 4.30. The van der Waals surface area contributed by atoms with Crippen molar-refractivity contribution in [3.63, 3.8) is 0 Å². The Balaban J connectivity index is 1.43. The van der Waals surface area contributed by atoms with Crippen LogP contribution in [0.5, 0.6) is 5.88 Å². The van der Waals surface area contributed by atoms with E-state index in [1.807, 2.05) is 24.3 Å². The van der Waals surface area contributed by atoms with Gasteiger partial charge in [-0.05, 0) is 43.0 Å². The summed E-state index contributed by atoms with van der Waals surface area (Å²) in [5.74, 6) is -0.164. The molecular formula is C21H19N3O4. The summed E-state index contributed by atoms with van der Waals surface area (Å²) in [6, 6.07) is 9.05. The number of amides is 3. The standard InChI is InChI=1S/C21H19N3O4/c25-18-8-7-17(19(26)23-18)24-11-14-10-13(3-5-15(14)21(24)27)16-6-4-12-2-1-9-28-20(12)22-16/h3-6,10,17H,1-2,7-9,11H2,(H,23,25,26)/t17-/m0/s1. The largest absolute Gasteiger partial charge is 0.477 e. The van der Waals surface area contributed by atoms with E-state index in [0.29, 0.717) is 31.0 Å². The number of pyridine rings is 1. The Morgan fingerprint density at radius 2 is 1.96 bits per heavy atom. The van der Waals surface area contributed by atoms with Crippen molar-refractivity contribution in [2.45, 2.75) is 38.3 Å². The van der Waals surface area contributed by atoms with Crippen LogP contribution in [-0.4, -0.2) is 40.3 Å². The maximum atomic E-state index is 12.8. The number of rotatable bonds is 2. The molecule has 3 aliphatic rings. The first-order valence-electron chi connectivity index (χ1n) is 9.51. The van der Waals surface area contributed by atoms with E-state index in [1.54, 1.807) is 11.0 Å². The number of ether oxygens (including phenoxy) is 1. The molecule has 1 aromatic carbocycles. The summed E-state index contributed by atoms with van der Waals surface area (Å²) in [7, 11) is 0. The van der Waals surface area contributed by atoms with Gasteiger partial charge in [0.1, 0.15) is 6.04 Å². The third kappa shape index (κ3) is 2.74. The van der Waals surface area contributed by atoms with Gasteiger partial charge in [0.05, 0.1) is 12.3 Å². The van der Waals surface area contributed by atoms with E-state index < -0.39 is 11.9 Å². The topological polar surface area (TPSA) is 88.6 Å². The quantitative estimate of drug-likeness (QED) is 0.807. The number of aromatic nitrogens is 1. The average Bonchev–Trinajstić information content (AvgIpc) is 3.03. The zero-order valence-electron chi connectivity index (χ0n) is 15.2. The first-order chi connectivity index (χ1) is 13.6. The maximum absolute atomic E-state index is 12.8. The zero-order chi connectivity index (χ0) is 19.3. The molecular weight excluding hydrogens is 358 g/mol. The van der Waals surface area contributed by atoms with E-state index >= 15 is 0 Å². The SMILES string of the molecule is O=C1CC[C@H](N2Cc3cc(-c4ccc5c(n4)OCCC5)ccc3C2=O)C(=O)N1. The monoisotopic (exact) mass is 377 g/mol. The Bertz CT molecular complexity index is 1020. The number of benzene rings is 1. The molecule has 0 unspecified atom stereocenters. The average molecular weight is 377 g/mol. The number of nitrogens with one attached hydrogen (secondary N) is 1. The Morgan fingerprint density at radius 1 is 1.07 bits per heavy atom. The van der Waals surface area contributed by atoms with E-state index in [9.17, 15) is 14.4 Å². The van der Waals surface area contributed by atoms with E-state index in [1.165, 1.54) is 0 Å². The summed E-state index contributed by atoms with van der Waals surface area (Å²) in [6.45, 7) is 1.04. The Labute approximate surface area is 161 Å². The van der Waals surface area contributed by atoms with Crippen molar-refractivity contribution < 1.29 is 19.1 Å². The number of carbonyl (C=O) groups is 3. The summed E-state index contributed by atoms with van der Waals surface area (Å²) < 4.78 is 5.67. The van der Waals surface area contributed by atoms with Crippen LogP contribution in [-0.2, 0) is 22.6 Å². The van der Waals surface area contributed by atoms with Crippen molar-refractivity contribution in [2.75, 3.05) is 6.61 Å². The second kappa shape index (κ2) is 6.44. The van der Waals surface area contributed by atoms with Crippen molar-refractivity contribution in [3.8, 4) is 17.1 Å². The Kier molecular flexibility index (Phi) is 3.89. The molecule has 3 amide bonds. The fraction of sp³-hybridized carbons (Fsp3) is 0.333. The molecule has 142 valence electrons. The van der Waals surface area contributed by atoms with Crippen LogP contribution in [0, 0.1) is 0 Å². The minimum Gasteiger partial charge on any atom is -0.477 e. The van der Waals surface area contributed by atoms with Crippen molar-refractivity contribution >= 4 is 17.7 Å². The van der Waals surface area contributed by atoms with Crippen molar-refractivity contribution in [1.82, 2.24) is 15.2 Å². The molecule has 0 spiro atoms. The first-order valence-corrected chi connectivity index (χ1v) is 9.51. The van der Waals surface area contributed by atoms with Crippen LogP contribution in [0.4, 0.5) is 0 Å². The van der Waals surface area contributed by atoms with Crippen molar-refractivity contribution in [2.24, 2.45) is 0 Å². The predicted octanol–water partition coefficient (Wildman–Crippen LogP) is 1.83. The molecule has 3 aliphatic heterocycles. The number of nitrogens with zero attached hydrogens (tertiary/aromatic N) is 2. The second-order valence-electron chi connectivity index (χ2n) is 7.38. The third-order valence-electron chi connectivity index (χ3n) is 5.59. The van der Waals surface area contributed by atoms with Crippen LogP contribution in [0.1, 0.15) is 40.7 Å². The first kappa shape index (κ1) is 16.9. The molecule has 1 fully saturated rings. The minimum absolute atomic E-state index is 0.169. The zero-order valence-corrected chi connectivity index (χ0v) is 15.2. The molecule has 7 heteroatoms. The molecule has 7 nitrogen and oxygen atoms in total. The van der Waals surface area contributed by atoms with Crippen molar-refractivity contribution in [3.05, 3.63) is 47.0 Å². The summed E-state index contributed by atoms with van der Waals surface area (Å²) in [6.07, 6.45) is 2.59. The summed E-state index contributed by atoms with van der Waals surface area (Å²) >= 11 is 0.